The van der Waals surface area contributed by atoms with Crippen molar-refractivity contribution in [3.63, 3.8) is 0 Å². The lowest BCUT2D eigenvalue weighted by atomic mass is 9.98. The maximum Gasteiger partial charge on any atom is 0.300 e. The Bertz CT molecular complexity index is 1250. The van der Waals surface area contributed by atoms with Gasteiger partial charge in [0.05, 0.1) is 18.4 Å². The molecule has 0 radical (unpaired) electrons. The number of aliphatic hydroxyl groups is 1. The molecular formula is C25H21NO5S. The molecule has 0 aliphatic carbocycles. The quantitative estimate of drug-likeness (QED) is 0.356. The molecule has 2 atom stereocenters. The van der Waals surface area contributed by atoms with Gasteiger partial charge in [-0.05, 0) is 54.3 Å². The van der Waals surface area contributed by atoms with E-state index in [9.17, 15) is 14.7 Å². The monoisotopic (exact) mass is 447 g/mol. The van der Waals surface area contributed by atoms with Crippen LogP contribution in [0.1, 0.15) is 29.0 Å². The smallest absolute Gasteiger partial charge is 0.300 e. The van der Waals surface area contributed by atoms with E-state index < -0.39 is 17.7 Å². The van der Waals surface area contributed by atoms with E-state index in [1.165, 1.54) is 23.3 Å². The van der Waals surface area contributed by atoms with Gasteiger partial charge in [-0.2, -0.15) is 0 Å². The number of ketones is 1. The molecule has 2 unspecified atom stereocenters. The van der Waals surface area contributed by atoms with Crippen LogP contribution in [0.25, 0.3) is 5.76 Å². The summed E-state index contributed by atoms with van der Waals surface area (Å²) < 4.78 is 11.2. The van der Waals surface area contributed by atoms with Crippen molar-refractivity contribution in [1.29, 1.82) is 0 Å². The lowest BCUT2D eigenvalue weighted by molar-refractivity contribution is -0.132. The fourth-order valence-electron chi connectivity index (χ4n) is 4.35. The van der Waals surface area contributed by atoms with Crippen LogP contribution in [0.3, 0.4) is 0 Å². The van der Waals surface area contributed by atoms with Crippen LogP contribution in [-0.4, -0.2) is 30.0 Å². The van der Waals surface area contributed by atoms with Crippen molar-refractivity contribution in [1.82, 2.24) is 0 Å². The highest BCUT2D eigenvalue weighted by atomic mass is 32.1. The van der Waals surface area contributed by atoms with Crippen molar-refractivity contribution in [2.75, 3.05) is 12.0 Å². The molecule has 1 aromatic heterocycles. The molecule has 0 saturated carbocycles. The number of hydrogen-bond acceptors (Lipinski definition) is 6. The standard InChI is InChI=1S/C25H21NO5S/c1-14-12-16-13-15(9-10-18(16)31-14)23(27)21-22(20-8-5-11-32-20)26(25(29)24(21)28)17-6-3-4-7-19(17)30-2/h3-11,13-14,22,27H,12H2,1-2H3/b23-21-. The van der Waals surface area contributed by atoms with Crippen molar-refractivity contribution in [3.05, 3.63) is 81.6 Å². The van der Waals surface area contributed by atoms with Gasteiger partial charge in [0.15, 0.2) is 0 Å². The van der Waals surface area contributed by atoms with Crippen LogP contribution in [0.4, 0.5) is 5.69 Å². The van der Waals surface area contributed by atoms with E-state index in [-0.39, 0.29) is 17.4 Å². The molecule has 0 bridgehead atoms. The summed E-state index contributed by atoms with van der Waals surface area (Å²) in [4.78, 5) is 28.6. The summed E-state index contributed by atoms with van der Waals surface area (Å²) in [5, 5.41) is 13.2. The molecule has 5 rings (SSSR count). The third-order valence-electron chi connectivity index (χ3n) is 5.77. The van der Waals surface area contributed by atoms with Crippen LogP contribution in [-0.2, 0) is 16.0 Å². The third-order valence-corrected chi connectivity index (χ3v) is 6.70. The summed E-state index contributed by atoms with van der Waals surface area (Å²) in [6, 6.07) is 15.4. The highest BCUT2D eigenvalue weighted by molar-refractivity contribution is 7.10. The summed E-state index contributed by atoms with van der Waals surface area (Å²) in [7, 11) is 1.52. The number of methoxy groups -OCH3 is 1. The first kappa shape index (κ1) is 20.3. The lowest BCUT2D eigenvalue weighted by Crippen LogP contribution is -2.29. The Hall–Kier alpha value is -3.58. The number of carbonyl (C=O) groups excluding carboxylic acids is 2. The molecule has 2 aliphatic rings. The number of benzene rings is 2. The first-order valence-electron chi connectivity index (χ1n) is 10.3. The van der Waals surface area contributed by atoms with Crippen molar-refractivity contribution in [3.8, 4) is 11.5 Å². The second-order valence-electron chi connectivity index (χ2n) is 7.81. The highest BCUT2D eigenvalue weighted by Crippen LogP contribution is 2.46. The van der Waals surface area contributed by atoms with Crippen LogP contribution < -0.4 is 14.4 Å². The zero-order valence-corrected chi connectivity index (χ0v) is 18.4. The van der Waals surface area contributed by atoms with E-state index in [4.69, 9.17) is 9.47 Å². The third kappa shape index (κ3) is 3.17. The van der Waals surface area contributed by atoms with E-state index in [2.05, 4.69) is 0 Å². The van der Waals surface area contributed by atoms with Gasteiger partial charge in [0, 0.05) is 16.9 Å². The number of hydrogen-bond donors (Lipinski definition) is 1. The Labute approximate surface area is 189 Å². The number of amides is 1. The average Bonchev–Trinajstić information content (AvgIpc) is 3.51. The van der Waals surface area contributed by atoms with Gasteiger partial charge in [-0.3, -0.25) is 14.5 Å². The predicted octanol–water partition coefficient (Wildman–Crippen LogP) is 4.71. The molecule has 1 fully saturated rings. The number of aliphatic hydroxyl groups excluding tert-OH is 1. The topological polar surface area (TPSA) is 76.1 Å². The fraction of sp³-hybridized carbons (Fsp3) is 0.200. The number of Topliss-reactive ketones (excluding diaryl/α,β-unsaturated/α-hetero) is 1. The number of fused-ring (bicyclic) bond motifs is 1. The second kappa shape index (κ2) is 7.84. The van der Waals surface area contributed by atoms with Gasteiger partial charge in [0.2, 0.25) is 0 Å². The van der Waals surface area contributed by atoms with E-state index in [0.717, 1.165) is 22.6 Å². The molecular weight excluding hydrogens is 426 g/mol. The molecule has 2 aliphatic heterocycles. The Kier molecular flexibility index (Phi) is 4.98. The van der Waals surface area contributed by atoms with E-state index >= 15 is 0 Å². The van der Waals surface area contributed by atoms with Gasteiger partial charge in [0.1, 0.15) is 29.4 Å². The van der Waals surface area contributed by atoms with Gasteiger partial charge in [-0.1, -0.05) is 18.2 Å². The number of nitrogens with zero attached hydrogens (tertiary/aromatic N) is 1. The number of rotatable bonds is 4. The fourth-order valence-corrected chi connectivity index (χ4v) is 5.17. The number of para-hydroxylation sites is 2. The molecule has 3 heterocycles. The summed E-state index contributed by atoms with van der Waals surface area (Å²) in [6.45, 7) is 1.98. The minimum atomic E-state index is -0.755. The first-order chi connectivity index (χ1) is 15.5. The maximum absolute atomic E-state index is 13.2. The molecule has 1 amide bonds. The number of ether oxygens (including phenoxy) is 2. The van der Waals surface area contributed by atoms with Crippen LogP contribution >= 0.6 is 11.3 Å². The summed E-state index contributed by atoms with van der Waals surface area (Å²) in [5.74, 6) is -0.371. The molecule has 1 saturated heterocycles. The minimum Gasteiger partial charge on any atom is -0.507 e. The molecule has 0 spiro atoms. The summed E-state index contributed by atoms with van der Waals surface area (Å²) in [5.41, 5.74) is 2.00. The number of thiophene rings is 1. The first-order valence-corrected chi connectivity index (χ1v) is 11.1. The zero-order chi connectivity index (χ0) is 22.4. The van der Waals surface area contributed by atoms with Crippen LogP contribution in [0, 0.1) is 0 Å². The molecule has 32 heavy (non-hydrogen) atoms. The van der Waals surface area contributed by atoms with Gasteiger partial charge >= 0.3 is 0 Å². The molecule has 162 valence electrons. The molecule has 7 heteroatoms. The Morgan fingerprint density at radius 3 is 2.72 bits per heavy atom. The van der Waals surface area contributed by atoms with Crippen molar-refractivity contribution < 1.29 is 24.2 Å². The predicted molar refractivity (Wildman–Crippen MR) is 122 cm³/mol. The van der Waals surface area contributed by atoms with Gasteiger partial charge in [-0.25, -0.2) is 0 Å². The second-order valence-corrected chi connectivity index (χ2v) is 8.79. The maximum atomic E-state index is 13.2. The Morgan fingerprint density at radius 2 is 1.97 bits per heavy atom. The average molecular weight is 448 g/mol. The van der Waals surface area contributed by atoms with Gasteiger partial charge in [0.25, 0.3) is 11.7 Å². The van der Waals surface area contributed by atoms with E-state index in [1.54, 1.807) is 36.4 Å². The van der Waals surface area contributed by atoms with Gasteiger partial charge < -0.3 is 14.6 Å². The minimum absolute atomic E-state index is 0.0599. The largest absolute Gasteiger partial charge is 0.507 e. The van der Waals surface area contributed by atoms with E-state index in [0.29, 0.717) is 17.0 Å². The number of carbonyl (C=O) groups is 2. The molecule has 3 aromatic rings. The van der Waals surface area contributed by atoms with Crippen LogP contribution in [0.15, 0.2) is 65.6 Å². The Balaban J connectivity index is 1.69. The van der Waals surface area contributed by atoms with Crippen molar-refractivity contribution >= 4 is 34.5 Å². The highest BCUT2D eigenvalue weighted by Gasteiger charge is 2.48. The Morgan fingerprint density at radius 1 is 1.16 bits per heavy atom. The number of anilines is 1. The molecule has 6 nitrogen and oxygen atoms in total. The molecule has 2 aromatic carbocycles. The van der Waals surface area contributed by atoms with Crippen LogP contribution in [0.5, 0.6) is 11.5 Å². The van der Waals surface area contributed by atoms with Gasteiger partial charge in [-0.15, -0.1) is 11.3 Å². The molecule has 1 N–H and O–H groups in total. The van der Waals surface area contributed by atoms with E-state index in [1.807, 2.05) is 30.5 Å². The van der Waals surface area contributed by atoms with Crippen LogP contribution in [0.2, 0.25) is 0 Å². The van der Waals surface area contributed by atoms with Crippen molar-refractivity contribution in [2.24, 2.45) is 0 Å². The SMILES string of the molecule is COc1ccccc1N1C(=O)C(=O)/C(=C(\O)c2ccc3c(c2)CC(C)O3)C1c1cccs1. The lowest BCUT2D eigenvalue weighted by Gasteiger charge is -2.25. The normalized spacial score (nSPS) is 21.5. The summed E-state index contributed by atoms with van der Waals surface area (Å²) in [6.07, 6.45) is 0.782. The zero-order valence-electron chi connectivity index (χ0n) is 17.6. The van der Waals surface area contributed by atoms with Crippen molar-refractivity contribution in [2.45, 2.75) is 25.5 Å². The summed E-state index contributed by atoms with van der Waals surface area (Å²) >= 11 is 1.42.